The molecule has 144 valence electrons. The molecule has 0 bridgehead atoms. The fourth-order valence-corrected chi connectivity index (χ4v) is 2.44. The van der Waals surface area contributed by atoms with Crippen LogP contribution in [0.5, 0.6) is 11.5 Å². The summed E-state index contributed by atoms with van der Waals surface area (Å²) in [6.07, 6.45) is 0. The first kappa shape index (κ1) is 20.2. The van der Waals surface area contributed by atoms with Gasteiger partial charge in [0.2, 0.25) is 0 Å². The highest BCUT2D eigenvalue weighted by atomic mass is 16.6. The van der Waals surface area contributed by atoms with E-state index in [0.29, 0.717) is 47.4 Å². The molecule has 0 aromatic heterocycles. The molecular weight excluding hydrogens is 348 g/mol. The van der Waals surface area contributed by atoms with Gasteiger partial charge in [0, 0.05) is 11.6 Å². The quantitative estimate of drug-likeness (QED) is 0.541. The minimum absolute atomic E-state index is 0.0414. The molecular formula is C20H24N2O5. The van der Waals surface area contributed by atoms with Gasteiger partial charge in [-0.1, -0.05) is 19.9 Å². The minimum Gasteiger partial charge on any atom is -0.490 e. The molecule has 2 rings (SSSR count). The van der Waals surface area contributed by atoms with Crippen LogP contribution in [-0.4, -0.2) is 24.0 Å². The number of rotatable bonds is 8. The summed E-state index contributed by atoms with van der Waals surface area (Å²) in [6, 6.07) is 9.52. The van der Waals surface area contributed by atoms with Crippen molar-refractivity contribution in [2.24, 2.45) is 5.92 Å². The normalized spacial score (nSPS) is 10.6. The second-order valence-corrected chi connectivity index (χ2v) is 6.46. The van der Waals surface area contributed by atoms with Crippen molar-refractivity contribution in [2.75, 3.05) is 18.5 Å². The maximum atomic E-state index is 12.6. The van der Waals surface area contributed by atoms with E-state index in [4.69, 9.17) is 9.47 Å². The number of amides is 1. The molecule has 0 heterocycles. The Bertz CT molecular complexity index is 833. The van der Waals surface area contributed by atoms with Crippen molar-refractivity contribution in [2.45, 2.75) is 27.7 Å². The van der Waals surface area contributed by atoms with Crippen molar-refractivity contribution in [3.8, 4) is 11.5 Å². The third-order valence-electron chi connectivity index (χ3n) is 3.83. The Morgan fingerprint density at radius 2 is 1.93 bits per heavy atom. The number of nitrogens with zero attached hydrogens (tertiary/aromatic N) is 1. The molecule has 0 saturated carbocycles. The molecule has 1 N–H and O–H groups in total. The molecule has 7 nitrogen and oxygen atoms in total. The van der Waals surface area contributed by atoms with E-state index < -0.39 is 4.92 Å². The van der Waals surface area contributed by atoms with Gasteiger partial charge in [-0.05, 0) is 44.0 Å². The van der Waals surface area contributed by atoms with Gasteiger partial charge in [-0.3, -0.25) is 14.9 Å². The Morgan fingerprint density at radius 3 is 2.56 bits per heavy atom. The summed E-state index contributed by atoms with van der Waals surface area (Å²) in [5, 5.41) is 13.8. The van der Waals surface area contributed by atoms with Gasteiger partial charge in [0.05, 0.1) is 29.4 Å². The standard InChI is InChI=1S/C20H24N2O5/c1-5-26-19-11-15(9-10-18(19)27-12-13(2)3)20(23)21-16-7-6-8-17(14(16)4)22(24)25/h6-11,13H,5,12H2,1-4H3,(H,21,23). The van der Waals surface area contributed by atoms with Crippen LogP contribution in [0.3, 0.4) is 0 Å². The molecule has 0 aliphatic heterocycles. The smallest absolute Gasteiger partial charge is 0.274 e. The molecule has 0 aliphatic carbocycles. The van der Waals surface area contributed by atoms with Crippen molar-refractivity contribution >= 4 is 17.3 Å². The topological polar surface area (TPSA) is 90.7 Å². The summed E-state index contributed by atoms with van der Waals surface area (Å²) in [4.78, 5) is 23.2. The van der Waals surface area contributed by atoms with Crippen LogP contribution in [0.4, 0.5) is 11.4 Å². The molecule has 7 heteroatoms. The maximum Gasteiger partial charge on any atom is 0.274 e. The lowest BCUT2D eigenvalue weighted by molar-refractivity contribution is -0.385. The van der Waals surface area contributed by atoms with E-state index in [1.807, 2.05) is 20.8 Å². The van der Waals surface area contributed by atoms with Crippen molar-refractivity contribution in [3.05, 3.63) is 57.6 Å². The summed E-state index contributed by atoms with van der Waals surface area (Å²) in [7, 11) is 0. The summed E-state index contributed by atoms with van der Waals surface area (Å²) in [6.45, 7) is 8.52. The number of benzene rings is 2. The lowest BCUT2D eigenvalue weighted by Gasteiger charge is -2.15. The van der Waals surface area contributed by atoms with Crippen LogP contribution in [0, 0.1) is 23.0 Å². The van der Waals surface area contributed by atoms with E-state index in [0.717, 1.165) is 0 Å². The van der Waals surface area contributed by atoms with E-state index in [1.165, 1.54) is 12.1 Å². The molecule has 0 fully saturated rings. The second-order valence-electron chi connectivity index (χ2n) is 6.46. The average Bonchev–Trinajstić information content (AvgIpc) is 2.62. The molecule has 1 amide bonds. The monoisotopic (exact) mass is 372 g/mol. The van der Waals surface area contributed by atoms with E-state index in [-0.39, 0.29) is 11.6 Å². The zero-order valence-corrected chi connectivity index (χ0v) is 15.9. The average molecular weight is 372 g/mol. The lowest BCUT2D eigenvalue weighted by atomic mass is 10.1. The Kier molecular flexibility index (Phi) is 6.76. The van der Waals surface area contributed by atoms with Crippen molar-refractivity contribution in [1.82, 2.24) is 0 Å². The van der Waals surface area contributed by atoms with Gasteiger partial charge in [-0.15, -0.1) is 0 Å². The van der Waals surface area contributed by atoms with Crippen molar-refractivity contribution in [1.29, 1.82) is 0 Å². The van der Waals surface area contributed by atoms with Crippen LogP contribution in [0.2, 0.25) is 0 Å². The van der Waals surface area contributed by atoms with Gasteiger partial charge in [-0.25, -0.2) is 0 Å². The first-order valence-electron chi connectivity index (χ1n) is 8.78. The Labute approximate surface area is 158 Å². The largest absolute Gasteiger partial charge is 0.490 e. The van der Waals surface area contributed by atoms with Gasteiger partial charge in [0.25, 0.3) is 11.6 Å². The Balaban J connectivity index is 2.25. The highest BCUT2D eigenvalue weighted by molar-refractivity contribution is 6.05. The van der Waals surface area contributed by atoms with Gasteiger partial charge in [-0.2, -0.15) is 0 Å². The molecule has 0 unspecified atom stereocenters. The van der Waals surface area contributed by atoms with Gasteiger partial charge in [0.15, 0.2) is 11.5 Å². The highest BCUT2D eigenvalue weighted by Gasteiger charge is 2.17. The molecule has 0 atom stereocenters. The van der Waals surface area contributed by atoms with Gasteiger partial charge < -0.3 is 14.8 Å². The first-order chi connectivity index (χ1) is 12.8. The SMILES string of the molecule is CCOc1cc(C(=O)Nc2cccc([N+](=O)[O-])c2C)ccc1OCC(C)C. The lowest BCUT2D eigenvalue weighted by Crippen LogP contribution is -2.14. The van der Waals surface area contributed by atoms with Crippen LogP contribution in [0.15, 0.2) is 36.4 Å². The summed E-state index contributed by atoms with van der Waals surface area (Å²) >= 11 is 0. The van der Waals surface area contributed by atoms with E-state index in [9.17, 15) is 14.9 Å². The second kappa shape index (κ2) is 9.02. The zero-order valence-electron chi connectivity index (χ0n) is 15.9. The molecule has 2 aromatic rings. The molecule has 0 spiro atoms. The number of carbonyl (C=O) groups excluding carboxylic acids is 1. The van der Waals surface area contributed by atoms with Crippen LogP contribution in [0.1, 0.15) is 36.7 Å². The van der Waals surface area contributed by atoms with Crippen LogP contribution >= 0.6 is 0 Å². The Hall–Kier alpha value is -3.09. The predicted octanol–water partition coefficient (Wildman–Crippen LogP) is 4.59. The Morgan fingerprint density at radius 1 is 1.19 bits per heavy atom. The van der Waals surface area contributed by atoms with Crippen LogP contribution in [0.25, 0.3) is 0 Å². The van der Waals surface area contributed by atoms with E-state index >= 15 is 0 Å². The third kappa shape index (κ3) is 5.20. The van der Waals surface area contributed by atoms with Crippen molar-refractivity contribution in [3.63, 3.8) is 0 Å². The van der Waals surface area contributed by atoms with E-state index in [2.05, 4.69) is 5.32 Å². The maximum absolute atomic E-state index is 12.6. The van der Waals surface area contributed by atoms with Gasteiger partial charge >= 0.3 is 0 Å². The molecule has 2 aromatic carbocycles. The third-order valence-corrected chi connectivity index (χ3v) is 3.83. The highest BCUT2D eigenvalue weighted by Crippen LogP contribution is 2.30. The molecule has 0 aliphatic rings. The van der Waals surface area contributed by atoms with Crippen LogP contribution in [-0.2, 0) is 0 Å². The zero-order chi connectivity index (χ0) is 20.0. The number of anilines is 1. The van der Waals surface area contributed by atoms with Crippen molar-refractivity contribution < 1.29 is 19.2 Å². The number of carbonyl (C=O) groups is 1. The number of nitro benzene ring substituents is 1. The van der Waals surface area contributed by atoms with Crippen LogP contribution < -0.4 is 14.8 Å². The van der Waals surface area contributed by atoms with Gasteiger partial charge in [0.1, 0.15) is 0 Å². The summed E-state index contributed by atoms with van der Waals surface area (Å²) in [5.74, 6) is 1.05. The number of nitrogens with one attached hydrogen (secondary N) is 1. The van der Waals surface area contributed by atoms with E-state index in [1.54, 1.807) is 31.2 Å². The summed E-state index contributed by atoms with van der Waals surface area (Å²) < 4.78 is 11.3. The number of hydrogen-bond donors (Lipinski definition) is 1. The number of hydrogen-bond acceptors (Lipinski definition) is 5. The fourth-order valence-electron chi connectivity index (χ4n) is 2.44. The predicted molar refractivity (Wildman–Crippen MR) is 104 cm³/mol. The molecule has 0 radical (unpaired) electrons. The first-order valence-corrected chi connectivity index (χ1v) is 8.78. The number of ether oxygens (including phenoxy) is 2. The molecule has 27 heavy (non-hydrogen) atoms. The summed E-state index contributed by atoms with van der Waals surface area (Å²) in [5.41, 5.74) is 1.13. The molecule has 0 saturated heterocycles. The fraction of sp³-hybridized carbons (Fsp3) is 0.350. The number of nitro groups is 1. The minimum atomic E-state index is -0.473.